The lowest BCUT2D eigenvalue weighted by Gasteiger charge is -2.03. The fourth-order valence-electron chi connectivity index (χ4n) is 1.57. The van der Waals surface area contributed by atoms with E-state index >= 15 is 0 Å². The molecule has 0 aliphatic heterocycles. The molecule has 0 aliphatic rings. The van der Waals surface area contributed by atoms with E-state index in [1.165, 1.54) is 11.1 Å². The van der Waals surface area contributed by atoms with Crippen molar-refractivity contribution in [2.75, 3.05) is 0 Å². The van der Waals surface area contributed by atoms with Gasteiger partial charge in [-0.2, -0.15) is 11.3 Å². The minimum Gasteiger partial charge on any atom is -0.152 e. The maximum atomic E-state index is 3.88. The number of allylic oxidation sites excluding steroid dienone is 2. The van der Waals surface area contributed by atoms with Crippen LogP contribution < -0.4 is 0 Å². The Kier molecular flexibility index (Phi) is 3.73. The number of thiophene rings is 1. The molecule has 80 valence electrons. The van der Waals surface area contributed by atoms with Gasteiger partial charge in [-0.25, -0.2) is 0 Å². The van der Waals surface area contributed by atoms with Crippen LogP contribution in [-0.2, 0) is 0 Å². The average Bonchev–Trinajstić information content (AvgIpc) is 2.85. The van der Waals surface area contributed by atoms with E-state index in [4.69, 9.17) is 0 Å². The summed E-state index contributed by atoms with van der Waals surface area (Å²) in [6, 6.07) is 12.5. The first kappa shape index (κ1) is 10.9. The van der Waals surface area contributed by atoms with Crippen LogP contribution in [0.25, 0.3) is 6.08 Å². The van der Waals surface area contributed by atoms with Gasteiger partial charge in [-0.3, -0.25) is 0 Å². The monoisotopic (exact) mass is 226 g/mol. The molecule has 1 aromatic carbocycles. The van der Waals surface area contributed by atoms with Gasteiger partial charge in [0, 0.05) is 5.92 Å². The van der Waals surface area contributed by atoms with E-state index in [0.29, 0.717) is 5.92 Å². The molecule has 0 bridgehead atoms. The van der Waals surface area contributed by atoms with Crippen molar-refractivity contribution in [1.82, 2.24) is 0 Å². The highest BCUT2D eigenvalue weighted by molar-refractivity contribution is 7.08. The summed E-state index contributed by atoms with van der Waals surface area (Å²) >= 11 is 1.72. The zero-order valence-electron chi connectivity index (χ0n) is 9.04. The minimum absolute atomic E-state index is 0.312. The van der Waals surface area contributed by atoms with Gasteiger partial charge in [0.1, 0.15) is 0 Å². The Morgan fingerprint density at radius 2 is 1.94 bits per heavy atom. The summed E-state index contributed by atoms with van der Waals surface area (Å²) in [6.07, 6.45) is 6.30. The molecule has 1 atom stereocenters. The fraction of sp³-hybridized carbons (Fsp3) is 0.0667. The zero-order valence-corrected chi connectivity index (χ0v) is 9.86. The predicted octanol–water partition coefficient (Wildman–Crippen LogP) is 4.73. The summed E-state index contributed by atoms with van der Waals surface area (Å²) in [7, 11) is 0. The SMILES string of the molecule is C=C[C@H](/C=C/c1ccccc1)c1ccsc1. The predicted molar refractivity (Wildman–Crippen MR) is 72.7 cm³/mol. The Morgan fingerprint density at radius 3 is 2.56 bits per heavy atom. The van der Waals surface area contributed by atoms with Crippen LogP contribution in [0.5, 0.6) is 0 Å². The molecule has 0 N–H and O–H groups in total. The summed E-state index contributed by atoms with van der Waals surface area (Å²) < 4.78 is 0. The van der Waals surface area contributed by atoms with Crippen molar-refractivity contribution in [2.24, 2.45) is 0 Å². The van der Waals surface area contributed by atoms with Gasteiger partial charge in [-0.15, -0.1) is 6.58 Å². The number of benzene rings is 1. The smallest absolute Gasteiger partial charge is 0.0207 e. The van der Waals surface area contributed by atoms with Gasteiger partial charge >= 0.3 is 0 Å². The van der Waals surface area contributed by atoms with Crippen LogP contribution in [0.3, 0.4) is 0 Å². The van der Waals surface area contributed by atoms with Crippen molar-refractivity contribution in [1.29, 1.82) is 0 Å². The first-order valence-corrected chi connectivity index (χ1v) is 6.22. The molecule has 1 heterocycles. The summed E-state index contributed by atoms with van der Waals surface area (Å²) in [4.78, 5) is 0. The molecule has 0 unspecified atom stereocenters. The number of rotatable bonds is 4. The van der Waals surface area contributed by atoms with Crippen LogP contribution in [0.15, 0.2) is 65.9 Å². The van der Waals surface area contributed by atoms with Crippen LogP contribution in [0.2, 0.25) is 0 Å². The lowest BCUT2D eigenvalue weighted by Crippen LogP contribution is -1.86. The van der Waals surface area contributed by atoms with Crippen LogP contribution in [0, 0.1) is 0 Å². The molecule has 16 heavy (non-hydrogen) atoms. The molecule has 0 saturated carbocycles. The fourth-order valence-corrected chi connectivity index (χ4v) is 2.28. The third-order valence-corrected chi connectivity index (χ3v) is 3.18. The number of hydrogen-bond donors (Lipinski definition) is 0. The second kappa shape index (κ2) is 5.47. The van der Waals surface area contributed by atoms with Crippen LogP contribution in [0.1, 0.15) is 17.0 Å². The normalized spacial score (nSPS) is 12.8. The van der Waals surface area contributed by atoms with E-state index in [9.17, 15) is 0 Å². The van der Waals surface area contributed by atoms with Crippen molar-refractivity contribution in [3.8, 4) is 0 Å². The molecule has 0 fully saturated rings. The van der Waals surface area contributed by atoms with Gasteiger partial charge in [0.05, 0.1) is 0 Å². The Balaban J connectivity index is 2.14. The maximum absolute atomic E-state index is 3.88. The van der Waals surface area contributed by atoms with Crippen molar-refractivity contribution < 1.29 is 0 Å². The molecular weight excluding hydrogens is 212 g/mol. The molecule has 2 rings (SSSR count). The molecule has 0 radical (unpaired) electrons. The molecule has 1 heteroatoms. The van der Waals surface area contributed by atoms with E-state index in [0.717, 1.165) is 0 Å². The van der Waals surface area contributed by atoms with Gasteiger partial charge < -0.3 is 0 Å². The summed E-state index contributed by atoms with van der Waals surface area (Å²) in [5, 5.41) is 4.27. The molecule has 1 aromatic heterocycles. The molecular formula is C15H14S. The summed E-state index contributed by atoms with van der Waals surface area (Å²) in [5.41, 5.74) is 2.54. The first-order chi connectivity index (χ1) is 7.90. The Morgan fingerprint density at radius 1 is 1.12 bits per heavy atom. The van der Waals surface area contributed by atoms with Crippen molar-refractivity contribution in [3.63, 3.8) is 0 Å². The molecule has 0 nitrogen and oxygen atoms in total. The molecule has 0 amide bonds. The third-order valence-electron chi connectivity index (χ3n) is 2.48. The summed E-state index contributed by atoms with van der Waals surface area (Å²) in [5.74, 6) is 0.312. The summed E-state index contributed by atoms with van der Waals surface area (Å²) in [6.45, 7) is 3.88. The highest BCUT2D eigenvalue weighted by Gasteiger charge is 2.02. The molecule has 0 saturated heterocycles. The van der Waals surface area contributed by atoms with E-state index in [1.807, 2.05) is 24.3 Å². The van der Waals surface area contributed by atoms with E-state index in [1.54, 1.807) is 11.3 Å². The van der Waals surface area contributed by atoms with Gasteiger partial charge in [-0.1, -0.05) is 48.6 Å². The standard InChI is InChI=1S/C15H14S/c1-2-14(15-10-11-16-12-15)9-8-13-6-4-3-5-7-13/h2-12,14H,1H2/b9-8+/t14-/m1/s1. The molecule has 2 aromatic rings. The molecule has 0 aliphatic carbocycles. The van der Waals surface area contributed by atoms with Gasteiger partial charge in [0.2, 0.25) is 0 Å². The Bertz CT molecular complexity index is 451. The second-order valence-corrected chi connectivity index (χ2v) is 4.37. The lowest BCUT2D eigenvalue weighted by atomic mass is 10.0. The van der Waals surface area contributed by atoms with E-state index < -0.39 is 0 Å². The van der Waals surface area contributed by atoms with Crippen LogP contribution in [-0.4, -0.2) is 0 Å². The quantitative estimate of drug-likeness (QED) is 0.661. The van der Waals surface area contributed by atoms with Crippen molar-refractivity contribution >= 4 is 17.4 Å². The average molecular weight is 226 g/mol. The van der Waals surface area contributed by atoms with Gasteiger partial charge in [0.15, 0.2) is 0 Å². The van der Waals surface area contributed by atoms with Gasteiger partial charge in [-0.05, 0) is 28.0 Å². The lowest BCUT2D eigenvalue weighted by molar-refractivity contribution is 1.11. The van der Waals surface area contributed by atoms with E-state index in [-0.39, 0.29) is 0 Å². The van der Waals surface area contributed by atoms with Gasteiger partial charge in [0.25, 0.3) is 0 Å². The minimum atomic E-state index is 0.312. The van der Waals surface area contributed by atoms with Crippen LogP contribution >= 0.6 is 11.3 Å². The van der Waals surface area contributed by atoms with Crippen molar-refractivity contribution in [2.45, 2.75) is 5.92 Å². The highest BCUT2D eigenvalue weighted by Crippen LogP contribution is 2.22. The highest BCUT2D eigenvalue weighted by atomic mass is 32.1. The van der Waals surface area contributed by atoms with E-state index in [2.05, 4.69) is 47.7 Å². The Hall–Kier alpha value is -1.60. The third kappa shape index (κ3) is 2.71. The maximum Gasteiger partial charge on any atom is 0.0207 e. The number of hydrogen-bond acceptors (Lipinski definition) is 1. The Labute approximate surface area is 101 Å². The first-order valence-electron chi connectivity index (χ1n) is 5.28. The van der Waals surface area contributed by atoms with Crippen LogP contribution in [0.4, 0.5) is 0 Å². The zero-order chi connectivity index (χ0) is 11.2. The topological polar surface area (TPSA) is 0 Å². The second-order valence-electron chi connectivity index (χ2n) is 3.59. The molecule has 0 spiro atoms. The largest absolute Gasteiger partial charge is 0.152 e. The van der Waals surface area contributed by atoms with Crippen molar-refractivity contribution in [3.05, 3.63) is 77.0 Å².